The molecule has 5 heteroatoms. The smallest absolute Gasteiger partial charge is 0.323 e. The summed E-state index contributed by atoms with van der Waals surface area (Å²) in [4.78, 5) is 25.2. The lowest BCUT2D eigenvalue weighted by atomic mass is 9.77. The highest BCUT2D eigenvalue weighted by atomic mass is 16.5. The molecule has 0 amide bonds. The van der Waals surface area contributed by atoms with Crippen LogP contribution in [0.3, 0.4) is 0 Å². The minimum absolute atomic E-state index is 0.000777. The molecule has 0 aromatic heterocycles. The van der Waals surface area contributed by atoms with E-state index < -0.39 is 17.4 Å². The first-order valence-electron chi connectivity index (χ1n) is 5.81. The molecule has 0 aromatic rings. The van der Waals surface area contributed by atoms with Crippen molar-refractivity contribution in [1.29, 1.82) is 0 Å². The second-order valence-corrected chi connectivity index (χ2v) is 5.54. The van der Waals surface area contributed by atoms with E-state index in [9.17, 15) is 14.7 Å². The number of rotatable bonds is 2. The van der Waals surface area contributed by atoms with Gasteiger partial charge in [0.15, 0.2) is 5.41 Å². The normalized spacial score (nSPS) is 20.9. The van der Waals surface area contributed by atoms with Gasteiger partial charge >= 0.3 is 11.9 Å². The lowest BCUT2D eigenvalue weighted by Gasteiger charge is -2.43. The van der Waals surface area contributed by atoms with Crippen LogP contribution in [0.15, 0.2) is 0 Å². The number of esters is 1. The monoisotopic (exact) mass is 243 g/mol. The molecule has 0 aromatic carbocycles. The van der Waals surface area contributed by atoms with Gasteiger partial charge in [-0.3, -0.25) is 14.5 Å². The van der Waals surface area contributed by atoms with Crippen LogP contribution in [0.4, 0.5) is 0 Å². The van der Waals surface area contributed by atoms with Crippen molar-refractivity contribution in [2.45, 2.75) is 39.2 Å². The Morgan fingerprint density at radius 3 is 2.00 bits per heavy atom. The zero-order valence-electron chi connectivity index (χ0n) is 10.9. The number of carbonyl (C=O) groups excluding carboxylic acids is 1. The van der Waals surface area contributed by atoms with Gasteiger partial charge in [-0.2, -0.15) is 0 Å². The summed E-state index contributed by atoms with van der Waals surface area (Å²) in [7, 11) is 1.24. The highest BCUT2D eigenvalue weighted by molar-refractivity contribution is 5.99. The molecular weight excluding hydrogens is 222 g/mol. The van der Waals surface area contributed by atoms with E-state index in [1.165, 1.54) is 7.11 Å². The van der Waals surface area contributed by atoms with Crippen LogP contribution in [0, 0.1) is 5.41 Å². The molecule has 17 heavy (non-hydrogen) atoms. The Bertz CT molecular complexity index is 311. The summed E-state index contributed by atoms with van der Waals surface area (Å²) in [5, 5.41) is 9.26. The summed E-state index contributed by atoms with van der Waals surface area (Å²) in [6.07, 6.45) is 0.624. The Hall–Kier alpha value is -1.10. The van der Waals surface area contributed by atoms with Crippen LogP contribution < -0.4 is 0 Å². The topological polar surface area (TPSA) is 66.8 Å². The number of aliphatic carboxylic acids is 1. The number of carboxylic acids is 1. The van der Waals surface area contributed by atoms with Crippen LogP contribution in [0.1, 0.15) is 33.6 Å². The van der Waals surface area contributed by atoms with Crippen molar-refractivity contribution >= 4 is 11.9 Å². The lowest BCUT2D eigenvalue weighted by Crippen LogP contribution is -2.54. The second kappa shape index (κ2) is 4.64. The maximum atomic E-state index is 11.7. The van der Waals surface area contributed by atoms with Gasteiger partial charge in [-0.1, -0.05) is 0 Å². The van der Waals surface area contributed by atoms with E-state index in [-0.39, 0.29) is 5.54 Å². The largest absolute Gasteiger partial charge is 0.480 e. The van der Waals surface area contributed by atoms with Crippen molar-refractivity contribution in [2.24, 2.45) is 5.41 Å². The zero-order valence-corrected chi connectivity index (χ0v) is 10.9. The third-order valence-electron chi connectivity index (χ3n) is 3.55. The average molecular weight is 243 g/mol. The SMILES string of the molecule is COC(=O)C1(C(=O)O)CCN(C(C)(C)C)CC1. The summed E-state index contributed by atoms with van der Waals surface area (Å²) in [6, 6.07) is 0. The number of ether oxygens (including phenoxy) is 1. The molecule has 1 N–H and O–H groups in total. The fourth-order valence-electron chi connectivity index (χ4n) is 2.26. The van der Waals surface area contributed by atoms with E-state index in [4.69, 9.17) is 0 Å². The van der Waals surface area contributed by atoms with Crippen LogP contribution in [0.25, 0.3) is 0 Å². The number of carboxylic acid groups (broad SMARTS) is 1. The van der Waals surface area contributed by atoms with Crippen LogP contribution in [-0.2, 0) is 14.3 Å². The van der Waals surface area contributed by atoms with Gasteiger partial charge in [0, 0.05) is 18.6 Å². The van der Waals surface area contributed by atoms with Crippen LogP contribution in [0.2, 0.25) is 0 Å². The predicted octanol–water partition coefficient (Wildman–Crippen LogP) is 1.12. The van der Waals surface area contributed by atoms with Crippen LogP contribution in [0.5, 0.6) is 0 Å². The minimum atomic E-state index is -1.35. The Morgan fingerprint density at radius 1 is 1.24 bits per heavy atom. The molecule has 1 fully saturated rings. The van der Waals surface area contributed by atoms with E-state index in [1.807, 2.05) is 0 Å². The Morgan fingerprint density at radius 2 is 1.71 bits per heavy atom. The number of nitrogens with zero attached hydrogens (tertiary/aromatic N) is 1. The van der Waals surface area contributed by atoms with Crippen molar-refractivity contribution < 1.29 is 19.4 Å². The quantitative estimate of drug-likeness (QED) is 0.581. The molecule has 98 valence electrons. The van der Waals surface area contributed by atoms with Gasteiger partial charge in [0.2, 0.25) is 0 Å². The molecule has 0 bridgehead atoms. The fraction of sp³-hybridized carbons (Fsp3) is 0.833. The number of carbonyl (C=O) groups is 2. The van der Waals surface area contributed by atoms with E-state index in [0.29, 0.717) is 25.9 Å². The highest BCUT2D eigenvalue weighted by Gasteiger charge is 2.50. The zero-order chi connectivity index (χ0) is 13.3. The van der Waals surface area contributed by atoms with Crippen molar-refractivity contribution in [3.05, 3.63) is 0 Å². The third-order valence-corrected chi connectivity index (χ3v) is 3.55. The van der Waals surface area contributed by atoms with Crippen LogP contribution >= 0.6 is 0 Å². The van der Waals surface area contributed by atoms with E-state index in [2.05, 4.69) is 30.4 Å². The first-order valence-corrected chi connectivity index (χ1v) is 5.81. The van der Waals surface area contributed by atoms with Gasteiger partial charge in [-0.15, -0.1) is 0 Å². The molecule has 0 aliphatic carbocycles. The van der Waals surface area contributed by atoms with Crippen LogP contribution in [-0.4, -0.2) is 47.7 Å². The number of piperidine rings is 1. The van der Waals surface area contributed by atoms with Gasteiger partial charge in [0.05, 0.1) is 7.11 Å². The maximum Gasteiger partial charge on any atom is 0.323 e. The molecule has 0 saturated carbocycles. The van der Waals surface area contributed by atoms with Crippen molar-refractivity contribution in [3.8, 4) is 0 Å². The van der Waals surface area contributed by atoms with Crippen molar-refractivity contribution in [1.82, 2.24) is 4.90 Å². The average Bonchev–Trinajstić information content (AvgIpc) is 2.26. The first kappa shape index (κ1) is 14.0. The van der Waals surface area contributed by atoms with Crippen molar-refractivity contribution in [3.63, 3.8) is 0 Å². The second-order valence-electron chi connectivity index (χ2n) is 5.54. The summed E-state index contributed by atoms with van der Waals surface area (Å²) in [5.74, 6) is -1.70. The van der Waals surface area contributed by atoms with Crippen molar-refractivity contribution in [2.75, 3.05) is 20.2 Å². The van der Waals surface area contributed by atoms with E-state index in [1.54, 1.807) is 0 Å². The predicted molar refractivity (Wildman–Crippen MR) is 62.6 cm³/mol. The number of hydrogen-bond acceptors (Lipinski definition) is 4. The fourth-order valence-corrected chi connectivity index (χ4v) is 2.26. The summed E-state index contributed by atoms with van der Waals surface area (Å²) >= 11 is 0. The minimum Gasteiger partial charge on any atom is -0.480 e. The number of likely N-dealkylation sites (tertiary alicyclic amines) is 1. The number of hydrogen-bond donors (Lipinski definition) is 1. The molecule has 1 heterocycles. The molecule has 0 unspecified atom stereocenters. The molecule has 0 radical (unpaired) electrons. The van der Waals surface area contributed by atoms with Gasteiger partial charge in [-0.05, 0) is 33.6 Å². The molecule has 5 nitrogen and oxygen atoms in total. The highest BCUT2D eigenvalue weighted by Crippen LogP contribution is 2.35. The summed E-state index contributed by atoms with van der Waals surface area (Å²) in [6.45, 7) is 7.45. The number of methoxy groups -OCH3 is 1. The Labute approximate surface area is 102 Å². The molecule has 1 saturated heterocycles. The Balaban J connectivity index is 2.82. The van der Waals surface area contributed by atoms with E-state index >= 15 is 0 Å². The van der Waals surface area contributed by atoms with Gasteiger partial charge in [0.1, 0.15) is 0 Å². The van der Waals surface area contributed by atoms with Gasteiger partial charge < -0.3 is 9.84 Å². The maximum absolute atomic E-state index is 11.7. The molecule has 0 spiro atoms. The molecule has 0 atom stereocenters. The summed E-state index contributed by atoms with van der Waals surface area (Å²) < 4.78 is 4.64. The Kier molecular flexibility index (Phi) is 3.81. The molecule has 1 aliphatic heterocycles. The molecular formula is C12H21NO4. The van der Waals surface area contributed by atoms with Gasteiger partial charge in [0.25, 0.3) is 0 Å². The lowest BCUT2D eigenvalue weighted by molar-refractivity contribution is -0.171. The molecule has 1 rings (SSSR count). The van der Waals surface area contributed by atoms with E-state index in [0.717, 1.165) is 0 Å². The van der Waals surface area contributed by atoms with Gasteiger partial charge in [-0.25, -0.2) is 0 Å². The first-order chi connectivity index (χ1) is 7.74. The third kappa shape index (κ3) is 2.60. The standard InChI is InChI=1S/C12H21NO4/c1-11(2,3)13-7-5-12(6-8-13,9(14)15)10(16)17-4/h5-8H2,1-4H3,(H,14,15). The summed E-state index contributed by atoms with van der Waals surface area (Å²) in [5.41, 5.74) is -1.35. The molecule has 1 aliphatic rings.